The van der Waals surface area contributed by atoms with E-state index in [-0.39, 0.29) is 23.5 Å². The average molecular weight is 257 g/mol. The molecule has 0 atom stereocenters. The van der Waals surface area contributed by atoms with E-state index in [1.165, 1.54) is 0 Å². The third-order valence-electron chi connectivity index (χ3n) is 2.92. The molecule has 2 rings (SSSR count). The van der Waals surface area contributed by atoms with Gasteiger partial charge in [0.25, 0.3) is 0 Å². The second-order valence-corrected chi connectivity index (χ2v) is 7.07. The molecule has 0 radical (unpaired) electrons. The molecule has 0 aliphatic carbocycles. The summed E-state index contributed by atoms with van der Waals surface area (Å²) in [5.41, 5.74) is 0.644. The van der Waals surface area contributed by atoms with Gasteiger partial charge in [-0.25, -0.2) is 8.42 Å². The monoisotopic (exact) mass is 257 g/mol. The number of sulfone groups is 1. The van der Waals surface area contributed by atoms with Crippen molar-refractivity contribution in [3.05, 3.63) is 18.0 Å². The Morgan fingerprint density at radius 1 is 1.53 bits per heavy atom. The van der Waals surface area contributed by atoms with Gasteiger partial charge in [0.15, 0.2) is 9.84 Å². The van der Waals surface area contributed by atoms with Crippen LogP contribution in [0.4, 0.5) is 0 Å². The quantitative estimate of drug-likeness (QED) is 0.839. The van der Waals surface area contributed by atoms with Crippen LogP contribution < -0.4 is 5.32 Å². The Kier molecular flexibility index (Phi) is 3.53. The second-order valence-electron chi connectivity index (χ2n) is 4.96. The number of nitrogens with one attached hydrogen (secondary N) is 1. The molecular formula is C11H19N3O2S. The molecule has 0 aromatic carbocycles. The fourth-order valence-electron chi connectivity index (χ4n) is 1.85. The summed E-state index contributed by atoms with van der Waals surface area (Å²) < 4.78 is 25.6. The Balaban J connectivity index is 1.98. The summed E-state index contributed by atoms with van der Waals surface area (Å²) in [6.45, 7) is 5.68. The molecule has 2 heterocycles. The Bertz CT molecular complexity index is 475. The predicted molar refractivity (Wildman–Crippen MR) is 66.5 cm³/mol. The van der Waals surface area contributed by atoms with Gasteiger partial charge in [0, 0.05) is 25.3 Å². The standard InChI is InChI=1S/C11H19N3O2S/c1-9(2)14-4-3-11(13-14)8-17(15,16)7-10-5-12-6-10/h3-4,9-10,12H,5-8H2,1-2H3. The molecule has 1 aromatic rings. The van der Waals surface area contributed by atoms with Crippen LogP contribution in [0, 0.1) is 5.92 Å². The van der Waals surface area contributed by atoms with E-state index in [0.29, 0.717) is 5.69 Å². The summed E-state index contributed by atoms with van der Waals surface area (Å²) >= 11 is 0. The van der Waals surface area contributed by atoms with Crippen molar-refractivity contribution in [2.75, 3.05) is 18.8 Å². The van der Waals surface area contributed by atoms with Gasteiger partial charge in [-0.15, -0.1) is 0 Å². The van der Waals surface area contributed by atoms with Gasteiger partial charge < -0.3 is 5.32 Å². The molecule has 1 aromatic heterocycles. The lowest BCUT2D eigenvalue weighted by atomic mass is 10.1. The Morgan fingerprint density at radius 2 is 2.24 bits per heavy atom. The van der Waals surface area contributed by atoms with Gasteiger partial charge in [-0.2, -0.15) is 5.10 Å². The van der Waals surface area contributed by atoms with E-state index in [4.69, 9.17) is 0 Å². The van der Waals surface area contributed by atoms with Crippen molar-refractivity contribution < 1.29 is 8.42 Å². The number of hydrogen-bond acceptors (Lipinski definition) is 4. The summed E-state index contributed by atoms with van der Waals surface area (Å²) in [7, 11) is -3.02. The van der Waals surface area contributed by atoms with Crippen molar-refractivity contribution >= 4 is 9.84 Å². The molecule has 5 nitrogen and oxygen atoms in total. The second kappa shape index (κ2) is 4.78. The Morgan fingerprint density at radius 3 is 2.71 bits per heavy atom. The lowest BCUT2D eigenvalue weighted by Gasteiger charge is -2.26. The topological polar surface area (TPSA) is 64.0 Å². The third-order valence-corrected chi connectivity index (χ3v) is 4.63. The zero-order valence-electron chi connectivity index (χ0n) is 10.3. The predicted octanol–water partition coefficient (Wildman–Crippen LogP) is 0.598. The summed E-state index contributed by atoms with van der Waals surface area (Å²) in [5, 5.41) is 7.35. The molecule has 1 aliphatic rings. The van der Waals surface area contributed by atoms with Crippen LogP contribution >= 0.6 is 0 Å². The van der Waals surface area contributed by atoms with E-state index >= 15 is 0 Å². The maximum atomic E-state index is 11.9. The van der Waals surface area contributed by atoms with E-state index < -0.39 is 9.84 Å². The van der Waals surface area contributed by atoms with Gasteiger partial charge in [0.05, 0.1) is 17.2 Å². The van der Waals surface area contributed by atoms with E-state index in [1.54, 1.807) is 10.7 Å². The first kappa shape index (κ1) is 12.6. The van der Waals surface area contributed by atoms with Crippen molar-refractivity contribution in [2.24, 2.45) is 5.92 Å². The largest absolute Gasteiger partial charge is 0.316 e. The van der Waals surface area contributed by atoms with Gasteiger partial charge >= 0.3 is 0 Å². The van der Waals surface area contributed by atoms with Gasteiger partial charge in [-0.05, 0) is 25.8 Å². The lowest BCUT2D eigenvalue weighted by Crippen LogP contribution is -2.45. The first-order valence-electron chi connectivity index (χ1n) is 5.91. The molecule has 0 unspecified atom stereocenters. The first-order valence-corrected chi connectivity index (χ1v) is 7.73. The zero-order valence-corrected chi connectivity index (χ0v) is 11.1. The summed E-state index contributed by atoms with van der Waals surface area (Å²) in [6, 6.07) is 2.05. The number of rotatable bonds is 5. The van der Waals surface area contributed by atoms with E-state index in [0.717, 1.165) is 13.1 Å². The molecule has 1 aliphatic heterocycles. The molecule has 96 valence electrons. The van der Waals surface area contributed by atoms with Crippen molar-refractivity contribution in [3.8, 4) is 0 Å². The van der Waals surface area contributed by atoms with Gasteiger partial charge in [-0.1, -0.05) is 0 Å². The minimum absolute atomic E-state index is 0.0587. The molecule has 0 bridgehead atoms. The number of hydrogen-bond donors (Lipinski definition) is 1. The molecular weight excluding hydrogens is 238 g/mol. The number of aromatic nitrogens is 2. The van der Waals surface area contributed by atoms with Crippen LogP contribution in [0.3, 0.4) is 0 Å². The van der Waals surface area contributed by atoms with Crippen LogP contribution in [0.2, 0.25) is 0 Å². The van der Waals surface area contributed by atoms with Gasteiger partial charge in [0.2, 0.25) is 0 Å². The van der Waals surface area contributed by atoms with Crippen molar-refractivity contribution in [1.82, 2.24) is 15.1 Å². The molecule has 1 fully saturated rings. The van der Waals surface area contributed by atoms with Crippen LogP contribution in [0.25, 0.3) is 0 Å². The maximum Gasteiger partial charge on any atom is 0.156 e. The van der Waals surface area contributed by atoms with E-state index in [2.05, 4.69) is 10.4 Å². The van der Waals surface area contributed by atoms with Crippen LogP contribution in [-0.4, -0.2) is 37.0 Å². The summed E-state index contributed by atoms with van der Waals surface area (Å²) in [6.07, 6.45) is 1.83. The van der Waals surface area contributed by atoms with Gasteiger partial charge in [0.1, 0.15) is 0 Å². The fourth-order valence-corrected chi connectivity index (χ4v) is 3.53. The Hall–Kier alpha value is -0.880. The highest BCUT2D eigenvalue weighted by atomic mass is 32.2. The van der Waals surface area contributed by atoms with E-state index in [9.17, 15) is 8.42 Å². The molecule has 1 saturated heterocycles. The van der Waals surface area contributed by atoms with E-state index in [1.807, 2.05) is 20.0 Å². The van der Waals surface area contributed by atoms with Crippen LogP contribution in [0.15, 0.2) is 12.3 Å². The Labute approximate surface area is 102 Å². The molecule has 1 N–H and O–H groups in total. The molecule has 0 spiro atoms. The lowest BCUT2D eigenvalue weighted by molar-refractivity contribution is 0.378. The van der Waals surface area contributed by atoms with Crippen molar-refractivity contribution in [1.29, 1.82) is 0 Å². The normalized spacial score (nSPS) is 17.4. The van der Waals surface area contributed by atoms with Crippen LogP contribution in [0.1, 0.15) is 25.6 Å². The van der Waals surface area contributed by atoms with Crippen molar-refractivity contribution in [3.63, 3.8) is 0 Å². The molecule has 0 amide bonds. The molecule has 17 heavy (non-hydrogen) atoms. The molecule has 6 heteroatoms. The highest BCUT2D eigenvalue weighted by Gasteiger charge is 2.25. The van der Waals surface area contributed by atoms with Gasteiger partial charge in [-0.3, -0.25) is 4.68 Å². The highest BCUT2D eigenvalue weighted by Crippen LogP contribution is 2.12. The summed E-state index contributed by atoms with van der Waals surface area (Å²) in [4.78, 5) is 0. The SMILES string of the molecule is CC(C)n1ccc(CS(=O)(=O)CC2CNC2)n1. The summed E-state index contributed by atoms with van der Waals surface area (Å²) in [5.74, 6) is 0.616. The van der Waals surface area contributed by atoms with Crippen molar-refractivity contribution in [2.45, 2.75) is 25.6 Å². The first-order chi connectivity index (χ1) is 7.96. The minimum Gasteiger partial charge on any atom is -0.316 e. The average Bonchev–Trinajstić information content (AvgIpc) is 2.59. The minimum atomic E-state index is -3.02. The zero-order chi connectivity index (χ0) is 12.5. The van der Waals surface area contributed by atoms with Crippen LogP contribution in [0.5, 0.6) is 0 Å². The molecule has 0 saturated carbocycles. The number of nitrogens with zero attached hydrogens (tertiary/aromatic N) is 2. The van der Waals surface area contributed by atoms with Crippen LogP contribution in [-0.2, 0) is 15.6 Å². The smallest absolute Gasteiger partial charge is 0.156 e. The highest BCUT2D eigenvalue weighted by molar-refractivity contribution is 7.90. The maximum absolute atomic E-state index is 11.9. The third kappa shape index (κ3) is 3.29. The fraction of sp³-hybridized carbons (Fsp3) is 0.727.